The van der Waals surface area contributed by atoms with Crippen LogP contribution in [0, 0.1) is 0 Å². The Bertz CT molecular complexity index is 848. The fraction of sp³-hybridized carbons (Fsp3) is 0.350. The van der Waals surface area contributed by atoms with Crippen molar-refractivity contribution >= 4 is 15.7 Å². The van der Waals surface area contributed by atoms with Crippen LogP contribution in [0.25, 0.3) is 0 Å². The topological polar surface area (TPSA) is 67.7 Å². The summed E-state index contributed by atoms with van der Waals surface area (Å²) in [6.07, 6.45) is 2.18. The number of carbonyl (C=O) groups is 1. The first-order valence-electron chi connectivity index (χ1n) is 8.84. The fourth-order valence-electron chi connectivity index (χ4n) is 3.42. The van der Waals surface area contributed by atoms with E-state index < -0.39 is 9.84 Å². The molecule has 1 amide bonds. The van der Waals surface area contributed by atoms with Gasteiger partial charge in [-0.15, -0.1) is 0 Å². The minimum Gasteiger partial charge on any atom is -0.343 e. The fourth-order valence-corrected chi connectivity index (χ4v) is 4.22. The highest BCUT2D eigenvalue weighted by Gasteiger charge is 2.27. The Morgan fingerprint density at radius 3 is 2.42 bits per heavy atom. The molecule has 0 aromatic heterocycles. The Hall–Kier alpha value is -2.18. The number of amides is 1. The maximum Gasteiger partial charge on any atom is 0.251 e. The van der Waals surface area contributed by atoms with Crippen LogP contribution < -0.4 is 10.2 Å². The lowest BCUT2D eigenvalue weighted by Gasteiger charge is -2.14. The largest absolute Gasteiger partial charge is 0.343 e. The molecular weight excluding hydrogens is 348 g/mol. The molecule has 1 aliphatic rings. The third-order valence-corrected chi connectivity index (χ3v) is 5.52. The summed E-state index contributed by atoms with van der Waals surface area (Å²) in [5, 5.41) is 3.10. The molecule has 2 aromatic rings. The minimum absolute atomic E-state index is 0.00463. The van der Waals surface area contributed by atoms with Crippen LogP contribution in [0.4, 0.5) is 0 Å². The van der Waals surface area contributed by atoms with Gasteiger partial charge in [0, 0.05) is 23.8 Å². The molecule has 0 saturated carbocycles. The average molecular weight is 373 g/mol. The second-order valence-corrected chi connectivity index (χ2v) is 9.23. The van der Waals surface area contributed by atoms with Crippen LogP contribution in [0.5, 0.6) is 0 Å². The number of hydrogen-bond donors (Lipinski definition) is 2. The van der Waals surface area contributed by atoms with Gasteiger partial charge >= 0.3 is 0 Å². The predicted molar refractivity (Wildman–Crippen MR) is 102 cm³/mol. The van der Waals surface area contributed by atoms with Gasteiger partial charge < -0.3 is 10.2 Å². The molecule has 138 valence electrons. The third kappa shape index (κ3) is 5.41. The molecule has 2 atom stereocenters. The molecule has 6 heteroatoms. The summed E-state index contributed by atoms with van der Waals surface area (Å²) in [6.45, 7) is 2.95. The van der Waals surface area contributed by atoms with E-state index in [1.165, 1.54) is 16.7 Å². The lowest BCUT2D eigenvalue weighted by atomic mass is 10.1. The number of carbonyl (C=O) groups excluding carboxylic acids is 1. The summed E-state index contributed by atoms with van der Waals surface area (Å²) < 4.78 is 22.7. The molecule has 0 radical (unpaired) electrons. The Morgan fingerprint density at radius 1 is 1.08 bits per heavy atom. The summed E-state index contributed by atoms with van der Waals surface area (Å²) in [6, 6.07) is 17.4. The standard InChI is InChI=1S/C20H24N2O3S/c1-26(24,25)15-17-7-9-18(10-8-17)20(23)21-19-11-12-22(14-19)13-16-5-3-2-4-6-16/h2-10,19H,11-15H2,1H3,(H,21,23)/p+1/t19-/m1/s1. The number of sulfone groups is 1. The molecule has 0 spiro atoms. The Kier molecular flexibility index (Phi) is 5.74. The number of likely N-dealkylation sites (tertiary alicyclic amines) is 1. The van der Waals surface area contributed by atoms with Crippen molar-refractivity contribution in [2.45, 2.75) is 24.8 Å². The van der Waals surface area contributed by atoms with Crippen molar-refractivity contribution in [2.75, 3.05) is 19.3 Å². The zero-order chi connectivity index (χ0) is 18.6. The number of rotatable bonds is 6. The van der Waals surface area contributed by atoms with Gasteiger partial charge in [-0.1, -0.05) is 42.5 Å². The highest BCUT2D eigenvalue weighted by Crippen LogP contribution is 2.09. The van der Waals surface area contributed by atoms with E-state index in [2.05, 4.69) is 29.6 Å². The van der Waals surface area contributed by atoms with Crippen LogP contribution >= 0.6 is 0 Å². The average Bonchev–Trinajstić information content (AvgIpc) is 3.02. The molecule has 0 bridgehead atoms. The zero-order valence-corrected chi connectivity index (χ0v) is 15.8. The van der Waals surface area contributed by atoms with E-state index in [4.69, 9.17) is 0 Å². The van der Waals surface area contributed by atoms with Crippen molar-refractivity contribution in [1.29, 1.82) is 0 Å². The van der Waals surface area contributed by atoms with Crippen LogP contribution in [0.3, 0.4) is 0 Å². The van der Waals surface area contributed by atoms with E-state index in [0.29, 0.717) is 11.1 Å². The Morgan fingerprint density at radius 2 is 1.77 bits per heavy atom. The van der Waals surface area contributed by atoms with Gasteiger partial charge in [-0.25, -0.2) is 8.42 Å². The second-order valence-electron chi connectivity index (χ2n) is 7.09. The van der Waals surface area contributed by atoms with Crippen LogP contribution in [0.1, 0.15) is 27.9 Å². The molecule has 2 aromatic carbocycles. The number of quaternary nitrogens is 1. The van der Waals surface area contributed by atoms with Crippen molar-refractivity contribution in [3.63, 3.8) is 0 Å². The first kappa shape index (κ1) is 18.6. The van der Waals surface area contributed by atoms with E-state index in [9.17, 15) is 13.2 Å². The van der Waals surface area contributed by atoms with Crippen LogP contribution in [-0.4, -0.2) is 39.7 Å². The van der Waals surface area contributed by atoms with Gasteiger partial charge in [-0.05, 0) is 17.7 Å². The number of hydrogen-bond acceptors (Lipinski definition) is 3. The molecule has 3 rings (SSSR count). The van der Waals surface area contributed by atoms with Gasteiger partial charge in [-0.2, -0.15) is 0 Å². The molecule has 2 N–H and O–H groups in total. The van der Waals surface area contributed by atoms with Gasteiger partial charge in [0.1, 0.15) is 6.54 Å². The SMILES string of the molecule is CS(=O)(=O)Cc1ccc(C(=O)N[C@@H]2CC[NH+](Cc3ccccc3)C2)cc1. The van der Waals surface area contributed by atoms with E-state index in [1.54, 1.807) is 24.3 Å². The lowest BCUT2D eigenvalue weighted by Crippen LogP contribution is -3.09. The maximum absolute atomic E-state index is 12.4. The van der Waals surface area contributed by atoms with Crippen LogP contribution in [0.2, 0.25) is 0 Å². The van der Waals surface area contributed by atoms with E-state index >= 15 is 0 Å². The number of nitrogens with one attached hydrogen (secondary N) is 2. The molecule has 1 saturated heterocycles. The van der Waals surface area contributed by atoms with Crippen molar-refractivity contribution in [1.82, 2.24) is 5.32 Å². The van der Waals surface area contributed by atoms with E-state index in [1.807, 2.05) is 6.07 Å². The Labute approximate surface area is 154 Å². The minimum atomic E-state index is -3.06. The predicted octanol–water partition coefficient (Wildman–Crippen LogP) is 0.818. The zero-order valence-electron chi connectivity index (χ0n) is 14.9. The van der Waals surface area contributed by atoms with Crippen molar-refractivity contribution in [3.8, 4) is 0 Å². The highest BCUT2D eigenvalue weighted by molar-refractivity contribution is 7.89. The smallest absolute Gasteiger partial charge is 0.251 e. The molecule has 0 aliphatic carbocycles. The summed E-state index contributed by atoms with van der Waals surface area (Å²) in [4.78, 5) is 13.9. The molecule has 1 heterocycles. The monoisotopic (exact) mass is 373 g/mol. The lowest BCUT2D eigenvalue weighted by molar-refractivity contribution is -0.901. The van der Waals surface area contributed by atoms with E-state index in [0.717, 1.165) is 26.1 Å². The Balaban J connectivity index is 1.52. The van der Waals surface area contributed by atoms with Gasteiger partial charge in [0.25, 0.3) is 5.91 Å². The molecular formula is C20H25N2O3S+. The highest BCUT2D eigenvalue weighted by atomic mass is 32.2. The summed E-state index contributed by atoms with van der Waals surface area (Å²) >= 11 is 0. The first-order chi connectivity index (χ1) is 12.4. The molecule has 5 nitrogen and oxygen atoms in total. The third-order valence-electron chi connectivity index (χ3n) is 4.66. The number of benzene rings is 2. The van der Waals surface area contributed by atoms with Crippen molar-refractivity contribution in [2.24, 2.45) is 0 Å². The van der Waals surface area contributed by atoms with Gasteiger partial charge in [0.2, 0.25) is 0 Å². The first-order valence-corrected chi connectivity index (χ1v) is 10.9. The molecule has 1 fully saturated rings. The maximum atomic E-state index is 12.4. The van der Waals surface area contributed by atoms with Crippen molar-refractivity contribution in [3.05, 3.63) is 71.3 Å². The van der Waals surface area contributed by atoms with Crippen LogP contribution in [-0.2, 0) is 22.1 Å². The molecule has 1 unspecified atom stereocenters. The molecule has 1 aliphatic heterocycles. The summed E-state index contributed by atoms with van der Waals surface area (Å²) in [5.41, 5.74) is 2.58. The summed E-state index contributed by atoms with van der Waals surface area (Å²) in [7, 11) is -3.06. The van der Waals surface area contributed by atoms with Gasteiger partial charge in [0.05, 0.1) is 24.9 Å². The second kappa shape index (κ2) is 8.01. The summed E-state index contributed by atoms with van der Waals surface area (Å²) in [5.74, 6) is -0.100. The van der Waals surface area contributed by atoms with Gasteiger partial charge in [0.15, 0.2) is 9.84 Å². The normalized spacial score (nSPS) is 20.0. The van der Waals surface area contributed by atoms with E-state index in [-0.39, 0.29) is 17.7 Å². The van der Waals surface area contributed by atoms with Crippen molar-refractivity contribution < 1.29 is 18.1 Å². The van der Waals surface area contributed by atoms with Gasteiger partial charge in [-0.3, -0.25) is 4.79 Å². The van der Waals surface area contributed by atoms with Crippen LogP contribution in [0.15, 0.2) is 54.6 Å². The quantitative estimate of drug-likeness (QED) is 0.788. The molecule has 26 heavy (non-hydrogen) atoms.